The minimum absolute atomic E-state index is 0.0534. The number of rotatable bonds is 4. The molecule has 0 fully saturated rings. The summed E-state index contributed by atoms with van der Waals surface area (Å²) in [4.78, 5) is 26.2. The van der Waals surface area contributed by atoms with E-state index in [4.69, 9.17) is 12.2 Å². The largest absolute Gasteiger partial charge is 0.352 e. The second-order valence-corrected chi connectivity index (χ2v) is 4.75. The van der Waals surface area contributed by atoms with Crippen molar-refractivity contribution in [1.29, 1.82) is 0 Å². The van der Waals surface area contributed by atoms with E-state index < -0.39 is 0 Å². The summed E-state index contributed by atoms with van der Waals surface area (Å²) in [5, 5.41) is 5.49. The summed E-state index contributed by atoms with van der Waals surface area (Å²) >= 11 is 5.06. The summed E-state index contributed by atoms with van der Waals surface area (Å²) in [6.07, 6.45) is 2.09. The Labute approximate surface area is 127 Å². The third-order valence-electron chi connectivity index (χ3n) is 2.81. The van der Waals surface area contributed by atoms with Gasteiger partial charge in [-0.05, 0) is 36.4 Å². The lowest BCUT2D eigenvalue weighted by molar-refractivity contribution is -0.115. The van der Waals surface area contributed by atoms with Gasteiger partial charge in [-0.15, -0.1) is 0 Å². The van der Waals surface area contributed by atoms with Crippen LogP contribution in [0.15, 0.2) is 42.6 Å². The van der Waals surface area contributed by atoms with Crippen molar-refractivity contribution in [1.82, 2.24) is 4.98 Å². The average molecular weight is 301 g/mol. The molecule has 2 rings (SSSR count). The third kappa shape index (κ3) is 4.00. The summed E-state index contributed by atoms with van der Waals surface area (Å²) < 4.78 is 0.391. The van der Waals surface area contributed by atoms with Gasteiger partial charge in [-0.2, -0.15) is 0 Å². The maximum absolute atomic E-state index is 12.1. The van der Waals surface area contributed by atoms with Crippen molar-refractivity contribution < 1.29 is 9.59 Å². The van der Waals surface area contributed by atoms with E-state index in [9.17, 15) is 9.59 Å². The predicted molar refractivity (Wildman–Crippen MR) is 84.9 cm³/mol. The van der Waals surface area contributed by atoms with Crippen LogP contribution in [0.2, 0.25) is 0 Å². The zero-order valence-electron chi connectivity index (χ0n) is 11.5. The number of H-pyrrole nitrogens is 1. The molecule has 0 saturated heterocycles. The van der Waals surface area contributed by atoms with Crippen molar-refractivity contribution in [3.63, 3.8) is 0 Å². The monoisotopic (exact) mass is 301 g/mol. The molecule has 0 bridgehead atoms. The van der Waals surface area contributed by atoms with E-state index in [1.165, 1.54) is 0 Å². The fourth-order valence-corrected chi connectivity index (χ4v) is 1.91. The zero-order chi connectivity index (χ0) is 15.2. The highest BCUT2D eigenvalue weighted by molar-refractivity contribution is 7.71. The molecule has 2 amide bonds. The van der Waals surface area contributed by atoms with Gasteiger partial charge in [-0.25, -0.2) is 0 Å². The molecule has 5 nitrogen and oxygen atoms in total. The zero-order valence-corrected chi connectivity index (χ0v) is 12.3. The Morgan fingerprint density at radius 1 is 1.10 bits per heavy atom. The van der Waals surface area contributed by atoms with Gasteiger partial charge in [0, 0.05) is 24.0 Å². The number of carbonyl (C=O) groups excluding carboxylic acids is 2. The fourth-order valence-electron chi connectivity index (χ4n) is 1.69. The quantitative estimate of drug-likeness (QED) is 0.758. The number of hydrogen-bond donors (Lipinski definition) is 3. The molecular weight excluding hydrogens is 286 g/mol. The highest BCUT2D eigenvalue weighted by Crippen LogP contribution is 2.15. The minimum Gasteiger partial charge on any atom is -0.352 e. The molecule has 0 aliphatic heterocycles. The van der Waals surface area contributed by atoms with Gasteiger partial charge in [0.2, 0.25) is 5.91 Å². The van der Waals surface area contributed by atoms with Crippen LogP contribution in [0.1, 0.15) is 23.7 Å². The predicted octanol–water partition coefficient (Wildman–Crippen LogP) is 3.34. The van der Waals surface area contributed by atoms with E-state index in [0.717, 1.165) is 0 Å². The normalized spacial score (nSPS) is 9.95. The number of hydrogen-bond acceptors (Lipinski definition) is 3. The van der Waals surface area contributed by atoms with Gasteiger partial charge >= 0.3 is 0 Å². The number of nitrogens with one attached hydrogen (secondary N) is 3. The maximum atomic E-state index is 12.1. The van der Waals surface area contributed by atoms with Crippen LogP contribution < -0.4 is 10.6 Å². The molecule has 0 aliphatic carbocycles. The Morgan fingerprint density at radius 2 is 1.71 bits per heavy atom. The molecule has 108 valence electrons. The van der Waals surface area contributed by atoms with Crippen LogP contribution in [0.25, 0.3) is 0 Å². The number of aromatic nitrogens is 1. The van der Waals surface area contributed by atoms with E-state index in [-0.39, 0.29) is 11.8 Å². The number of pyridine rings is 1. The first-order valence-corrected chi connectivity index (χ1v) is 6.90. The van der Waals surface area contributed by atoms with Crippen LogP contribution in [0.5, 0.6) is 0 Å². The van der Waals surface area contributed by atoms with Gasteiger partial charge in [-0.1, -0.05) is 19.1 Å². The maximum Gasteiger partial charge on any atom is 0.258 e. The molecule has 1 aromatic heterocycles. The van der Waals surface area contributed by atoms with Gasteiger partial charge in [0.15, 0.2) is 0 Å². The van der Waals surface area contributed by atoms with Crippen molar-refractivity contribution in [2.75, 3.05) is 10.6 Å². The van der Waals surface area contributed by atoms with Crippen LogP contribution in [0.4, 0.5) is 11.4 Å². The van der Waals surface area contributed by atoms with E-state index in [2.05, 4.69) is 15.6 Å². The molecule has 0 saturated carbocycles. The second-order valence-electron chi connectivity index (χ2n) is 4.35. The van der Waals surface area contributed by atoms with E-state index in [0.29, 0.717) is 28.0 Å². The summed E-state index contributed by atoms with van der Waals surface area (Å²) in [5.74, 6) is -0.329. The lowest BCUT2D eigenvalue weighted by Crippen LogP contribution is -2.13. The molecule has 1 heterocycles. The van der Waals surface area contributed by atoms with Gasteiger partial charge in [0.05, 0.1) is 5.56 Å². The smallest absolute Gasteiger partial charge is 0.258 e. The molecule has 3 N–H and O–H groups in total. The summed E-state index contributed by atoms with van der Waals surface area (Å²) in [6, 6.07) is 10.3. The van der Waals surface area contributed by atoms with Crippen LogP contribution in [0, 0.1) is 4.64 Å². The second kappa shape index (κ2) is 6.81. The molecule has 21 heavy (non-hydrogen) atoms. The Bertz CT molecular complexity index is 707. The number of amides is 2. The first kappa shape index (κ1) is 14.9. The minimum atomic E-state index is -0.276. The SMILES string of the molecule is CCC(=O)Nc1ccc(NC(=O)c2ccc[nH]c2=S)cc1. The molecule has 1 aromatic carbocycles. The highest BCUT2D eigenvalue weighted by atomic mass is 32.1. The summed E-state index contributed by atoms with van der Waals surface area (Å²) in [5.41, 5.74) is 1.74. The Balaban J connectivity index is 2.07. The van der Waals surface area contributed by atoms with Gasteiger partial charge in [-0.3, -0.25) is 9.59 Å². The molecule has 0 spiro atoms. The van der Waals surface area contributed by atoms with Gasteiger partial charge < -0.3 is 15.6 Å². The van der Waals surface area contributed by atoms with Crippen molar-refractivity contribution >= 4 is 35.4 Å². The lowest BCUT2D eigenvalue weighted by atomic mass is 10.2. The van der Waals surface area contributed by atoms with Crippen LogP contribution in [-0.4, -0.2) is 16.8 Å². The van der Waals surface area contributed by atoms with Gasteiger partial charge in [0.1, 0.15) is 4.64 Å². The molecular formula is C15H15N3O2S. The number of benzene rings is 1. The highest BCUT2D eigenvalue weighted by Gasteiger charge is 2.07. The topological polar surface area (TPSA) is 74.0 Å². The van der Waals surface area contributed by atoms with Crippen molar-refractivity contribution in [2.45, 2.75) is 13.3 Å². The van der Waals surface area contributed by atoms with Crippen molar-refractivity contribution in [2.24, 2.45) is 0 Å². The Hall–Kier alpha value is -2.47. The van der Waals surface area contributed by atoms with Crippen molar-refractivity contribution in [3.05, 3.63) is 52.8 Å². The van der Waals surface area contributed by atoms with E-state index >= 15 is 0 Å². The first-order valence-electron chi connectivity index (χ1n) is 6.49. The number of carbonyl (C=O) groups is 2. The molecule has 2 aromatic rings. The first-order chi connectivity index (χ1) is 10.1. The molecule has 0 radical (unpaired) electrons. The molecule has 0 atom stereocenters. The number of aromatic amines is 1. The van der Waals surface area contributed by atoms with Crippen LogP contribution in [-0.2, 0) is 4.79 Å². The fraction of sp³-hybridized carbons (Fsp3) is 0.133. The summed E-state index contributed by atoms with van der Waals surface area (Å²) in [6.45, 7) is 1.78. The Kier molecular flexibility index (Phi) is 4.84. The van der Waals surface area contributed by atoms with E-state index in [1.807, 2.05) is 0 Å². The average Bonchev–Trinajstić information content (AvgIpc) is 2.49. The number of anilines is 2. The van der Waals surface area contributed by atoms with Crippen LogP contribution in [0.3, 0.4) is 0 Å². The summed E-state index contributed by atoms with van der Waals surface area (Å²) in [7, 11) is 0. The Morgan fingerprint density at radius 3 is 2.29 bits per heavy atom. The lowest BCUT2D eigenvalue weighted by Gasteiger charge is -2.07. The third-order valence-corrected chi connectivity index (χ3v) is 3.15. The van der Waals surface area contributed by atoms with E-state index in [1.54, 1.807) is 49.5 Å². The van der Waals surface area contributed by atoms with Crippen LogP contribution >= 0.6 is 12.2 Å². The van der Waals surface area contributed by atoms with Gasteiger partial charge in [0.25, 0.3) is 5.91 Å². The van der Waals surface area contributed by atoms with Crippen molar-refractivity contribution in [3.8, 4) is 0 Å². The molecule has 0 aliphatic rings. The molecule has 6 heteroatoms. The molecule has 0 unspecified atom stereocenters. The standard InChI is InChI=1S/C15H15N3O2S/c1-2-13(19)17-10-5-7-11(8-6-10)18-14(20)12-4-3-9-16-15(12)21/h3-9H,2H2,1H3,(H,16,21)(H,17,19)(H,18,20).